The minimum atomic E-state index is -3.98. The number of nitrogens with one attached hydrogen (secondary N) is 2. The van der Waals surface area contributed by atoms with E-state index in [1.54, 1.807) is 6.07 Å². The number of carbonyl (C=O) groups is 2. The summed E-state index contributed by atoms with van der Waals surface area (Å²) in [6.07, 6.45) is 7.79. The standard InChI is InChI=1S/C39H50N4O5S/c1-22-12-14-25-27(18-22)29-20-39(29,36(46)40-32-28-16-17-38(4,34(32)44)37(28,2)3)21-43-30-19-24(35(45)41-49(47,48)42(5)6)13-15-26(30)31(33(25)43)23-10-8-7-9-11-23/h12-15,18-19,23,28-29,32,34,44H,7-11,16-17,20-21H2,1-6H3,(H,40,46)(H,41,45)/t28?,29?,32-,34-,38?,39-/m1/s1. The molecule has 4 saturated carbocycles. The minimum absolute atomic E-state index is 0.000784. The fourth-order valence-corrected chi connectivity index (χ4v) is 11.1. The molecule has 3 N–H and O–H groups in total. The average molecular weight is 687 g/mol. The van der Waals surface area contributed by atoms with E-state index in [9.17, 15) is 23.1 Å². The lowest BCUT2D eigenvalue weighted by Gasteiger charge is -2.37. The highest BCUT2D eigenvalue weighted by molar-refractivity contribution is 7.87. The summed E-state index contributed by atoms with van der Waals surface area (Å²) in [5, 5.41) is 16.1. The van der Waals surface area contributed by atoms with Gasteiger partial charge in [0.25, 0.3) is 5.91 Å². The van der Waals surface area contributed by atoms with Gasteiger partial charge in [-0.15, -0.1) is 0 Å². The van der Waals surface area contributed by atoms with Gasteiger partial charge in [-0.2, -0.15) is 12.7 Å². The first kappa shape index (κ1) is 33.0. The predicted octanol–water partition coefficient (Wildman–Crippen LogP) is 5.99. The van der Waals surface area contributed by atoms with E-state index in [-0.39, 0.29) is 40.2 Å². The van der Waals surface area contributed by atoms with Crippen molar-refractivity contribution in [2.45, 2.75) is 110 Å². The zero-order valence-electron chi connectivity index (χ0n) is 29.6. The topological polar surface area (TPSA) is 121 Å². The summed E-state index contributed by atoms with van der Waals surface area (Å²) < 4.78 is 30.6. The Morgan fingerprint density at radius 3 is 2.41 bits per heavy atom. The Hall–Kier alpha value is -3.21. The van der Waals surface area contributed by atoms with Crippen molar-refractivity contribution in [3.63, 3.8) is 0 Å². The summed E-state index contributed by atoms with van der Waals surface area (Å²) in [5.41, 5.74) is 6.00. The third-order valence-electron chi connectivity index (χ3n) is 14.0. The number of aliphatic hydroxyl groups is 1. The molecular weight excluding hydrogens is 637 g/mol. The highest BCUT2D eigenvalue weighted by Gasteiger charge is 2.68. The summed E-state index contributed by atoms with van der Waals surface area (Å²) in [6.45, 7) is 9.21. The van der Waals surface area contributed by atoms with E-state index in [1.807, 2.05) is 12.1 Å². The van der Waals surface area contributed by atoms with Crippen LogP contribution in [0.15, 0.2) is 36.4 Å². The van der Waals surface area contributed by atoms with Crippen molar-refractivity contribution >= 4 is 32.9 Å². The van der Waals surface area contributed by atoms with Crippen LogP contribution in [-0.2, 0) is 21.5 Å². The Balaban J connectivity index is 1.27. The molecule has 49 heavy (non-hydrogen) atoms. The van der Waals surface area contributed by atoms with Gasteiger partial charge in [-0.3, -0.25) is 9.59 Å². The Bertz CT molecular complexity index is 2010. The van der Waals surface area contributed by atoms with E-state index in [0.29, 0.717) is 18.9 Å². The molecule has 5 aliphatic rings. The molecular formula is C39H50N4O5S. The molecule has 2 bridgehead atoms. The number of aliphatic hydroxyl groups excluding tert-OH is 1. The number of aryl methyl sites for hydroxylation is 1. The maximum absolute atomic E-state index is 14.8. The maximum atomic E-state index is 14.8. The molecule has 0 spiro atoms. The molecule has 0 saturated heterocycles. The first-order chi connectivity index (χ1) is 23.1. The Morgan fingerprint density at radius 1 is 1.00 bits per heavy atom. The minimum Gasteiger partial charge on any atom is -0.390 e. The molecule has 2 amide bonds. The molecule has 6 atom stereocenters. The van der Waals surface area contributed by atoms with E-state index in [4.69, 9.17) is 0 Å². The molecule has 10 heteroatoms. The van der Waals surface area contributed by atoms with Crippen LogP contribution in [0.5, 0.6) is 0 Å². The van der Waals surface area contributed by atoms with Crippen molar-refractivity contribution in [3.8, 4) is 11.3 Å². The van der Waals surface area contributed by atoms with E-state index in [2.05, 4.69) is 60.5 Å². The van der Waals surface area contributed by atoms with E-state index >= 15 is 0 Å². The third kappa shape index (κ3) is 4.65. The first-order valence-electron chi connectivity index (χ1n) is 18.1. The summed E-state index contributed by atoms with van der Waals surface area (Å²) in [5.74, 6) is -0.0887. The van der Waals surface area contributed by atoms with Crippen molar-refractivity contribution < 1.29 is 23.1 Å². The second kappa shape index (κ2) is 10.9. The number of hydrogen-bond acceptors (Lipinski definition) is 5. The predicted molar refractivity (Wildman–Crippen MR) is 190 cm³/mol. The van der Waals surface area contributed by atoms with Gasteiger partial charge in [0.2, 0.25) is 5.91 Å². The fraction of sp³-hybridized carbons (Fsp3) is 0.590. The van der Waals surface area contributed by atoms with Gasteiger partial charge >= 0.3 is 10.2 Å². The van der Waals surface area contributed by atoms with Crippen LogP contribution in [0.25, 0.3) is 22.2 Å². The molecule has 262 valence electrons. The molecule has 2 heterocycles. The quantitative estimate of drug-likeness (QED) is 0.294. The number of fused-ring (bicyclic) bond motifs is 9. The number of rotatable bonds is 6. The van der Waals surface area contributed by atoms with Crippen LogP contribution in [-0.4, -0.2) is 60.5 Å². The number of amides is 2. The Morgan fingerprint density at radius 2 is 1.73 bits per heavy atom. The Labute approximate surface area is 290 Å². The molecule has 4 aliphatic carbocycles. The van der Waals surface area contributed by atoms with Crippen LogP contribution in [0.4, 0.5) is 0 Å². The largest absolute Gasteiger partial charge is 0.390 e. The summed E-state index contributed by atoms with van der Waals surface area (Å²) in [7, 11) is -1.21. The van der Waals surface area contributed by atoms with E-state index in [1.165, 1.54) is 31.6 Å². The second-order valence-electron chi connectivity index (χ2n) is 16.9. The van der Waals surface area contributed by atoms with Crippen LogP contribution in [0.3, 0.4) is 0 Å². The molecule has 1 aromatic heterocycles. The zero-order valence-corrected chi connectivity index (χ0v) is 30.4. The van der Waals surface area contributed by atoms with Crippen LogP contribution in [0.2, 0.25) is 0 Å². The first-order valence-corrected chi connectivity index (χ1v) is 19.6. The van der Waals surface area contributed by atoms with Crippen LogP contribution in [0.1, 0.15) is 111 Å². The number of benzene rings is 2. The highest BCUT2D eigenvalue weighted by atomic mass is 32.2. The summed E-state index contributed by atoms with van der Waals surface area (Å²) in [4.78, 5) is 28.2. The number of aromatic nitrogens is 1. The lowest BCUT2D eigenvalue weighted by Crippen LogP contribution is -2.51. The fourth-order valence-electron chi connectivity index (χ4n) is 10.5. The lowest BCUT2D eigenvalue weighted by molar-refractivity contribution is -0.129. The number of hydrogen-bond donors (Lipinski definition) is 3. The molecule has 1 aliphatic heterocycles. The van der Waals surface area contributed by atoms with Crippen molar-refractivity contribution in [3.05, 3.63) is 58.7 Å². The van der Waals surface area contributed by atoms with Crippen molar-refractivity contribution in [2.75, 3.05) is 14.1 Å². The summed E-state index contributed by atoms with van der Waals surface area (Å²) in [6, 6.07) is 11.9. The average Bonchev–Trinajstić information content (AvgIpc) is 3.63. The van der Waals surface area contributed by atoms with Gasteiger partial charge in [-0.1, -0.05) is 69.9 Å². The SMILES string of the molecule is Cc1ccc2c(c1)C1C[C@@]1(C(=O)N[C@@H]1C3CCC(C)([C@@H]1O)C3(C)C)Cn1c-2c(C2CCCCC2)c2ccc(C(=O)NS(=O)(=O)N(C)C)cc21. The number of carbonyl (C=O) groups excluding carboxylic acids is 2. The molecule has 0 radical (unpaired) electrons. The van der Waals surface area contributed by atoms with Crippen LogP contribution in [0, 0.1) is 29.1 Å². The second-order valence-corrected chi connectivity index (χ2v) is 18.8. The molecule has 4 fully saturated rings. The molecule has 3 aromatic rings. The molecule has 8 rings (SSSR count). The third-order valence-corrected chi connectivity index (χ3v) is 15.4. The van der Waals surface area contributed by atoms with Gasteiger partial charge < -0.3 is 15.0 Å². The van der Waals surface area contributed by atoms with E-state index < -0.39 is 27.6 Å². The van der Waals surface area contributed by atoms with Crippen molar-refractivity contribution in [1.29, 1.82) is 0 Å². The molecule has 3 unspecified atom stereocenters. The van der Waals surface area contributed by atoms with E-state index in [0.717, 1.165) is 70.6 Å². The van der Waals surface area contributed by atoms with Gasteiger partial charge in [-0.05, 0) is 79.5 Å². The van der Waals surface area contributed by atoms with Crippen molar-refractivity contribution in [2.24, 2.45) is 22.2 Å². The zero-order chi connectivity index (χ0) is 34.8. The van der Waals surface area contributed by atoms with Crippen LogP contribution < -0.4 is 10.0 Å². The van der Waals surface area contributed by atoms with Crippen LogP contribution >= 0.6 is 0 Å². The van der Waals surface area contributed by atoms with Crippen molar-refractivity contribution in [1.82, 2.24) is 18.9 Å². The smallest absolute Gasteiger partial charge is 0.303 e. The monoisotopic (exact) mass is 686 g/mol. The van der Waals surface area contributed by atoms with Gasteiger partial charge in [-0.25, -0.2) is 4.72 Å². The lowest BCUT2D eigenvalue weighted by atomic mass is 9.70. The molecule has 9 nitrogen and oxygen atoms in total. The normalized spacial score (nSPS) is 31.6. The highest BCUT2D eigenvalue weighted by Crippen LogP contribution is 2.68. The molecule has 2 aromatic carbocycles. The van der Waals surface area contributed by atoms with Gasteiger partial charge in [0.05, 0.1) is 23.3 Å². The van der Waals surface area contributed by atoms with Gasteiger partial charge in [0.15, 0.2) is 0 Å². The maximum Gasteiger partial charge on any atom is 0.303 e. The van der Waals surface area contributed by atoms with Gasteiger partial charge in [0.1, 0.15) is 0 Å². The summed E-state index contributed by atoms with van der Waals surface area (Å²) >= 11 is 0. The number of nitrogens with zero attached hydrogens (tertiary/aromatic N) is 2. The van der Waals surface area contributed by atoms with Gasteiger partial charge in [0, 0.05) is 54.0 Å². The Kier molecular flexibility index (Phi) is 7.33.